The topological polar surface area (TPSA) is 72.7 Å². The Morgan fingerprint density at radius 2 is 2.00 bits per heavy atom. The Hall–Kier alpha value is -2.81. The largest absolute Gasteiger partial charge is 0.462 e. The molecular formula is C28H28ClN3O3S2. The summed E-state index contributed by atoms with van der Waals surface area (Å²) in [7, 11) is 0. The van der Waals surface area contributed by atoms with Crippen molar-refractivity contribution in [1.82, 2.24) is 9.88 Å². The van der Waals surface area contributed by atoms with E-state index in [4.69, 9.17) is 16.3 Å². The number of aromatic nitrogens is 1. The third-order valence-electron chi connectivity index (χ3n) is 6.63. The Bertz CT molecular complexity index is 1480. The number of fused-ring (bicyclic) bond motifs is 1. The molecule has 1 aromatic carbocycles. The number of thiophene rings is 1. The van der Waals surface area contributed by atoms with E-state index in [1.807, 2.05) is 45.9 Å². The summed E-state index contributed by atoms with van der Waals surface area (Å²) in [4.78, 5) is 32.2. The molecule has 9 heteroatoms. The SMILES string of the molecule is CCOC(=O)c1c(-n2c(C)cc(/C=C3\SC(=Nc4ccc(C)c(Cl)c4)NC3=O)c2C)sc2c1CCCC2. The van der Waals surface area contributed by atoms with E-state index < -0.39 is 0 Å². The molecule has 2 aliphatic rings. The second kappa shape index (κ2) is 10.5. The number of hydrogen-bond donors (Lipinski definition) is 1. The number of halogens is 1. The van der Waals surface area contributed by atoms with Gasteiger partial charge in [0.05, 0.1) is 22.8 Å². The van der Waals surface area contributed by atoms with Crippen molar-refractivity contribution in [3.63, 3.8) is 0 Å². The monoisotopic (exact) mass is 553 g/mol. The number of amides is 1. The van der Waals surface area contributed by atoms with Crippen LogP contribution in [0.1, 0.15) is 63.1 Å². The zero-order chi connectivity index (χ0) is 26.3. The van der Waals surface area contributed by atoms with Crippen molar-refractivity contribution in [2.45, 2.75) is 53.4 Å². The Balaban J connectivity index is 1.50. The van der Waals surface area contributed by atoms with E-state index in [0.717, 1.165) is 58.8 Å². The molecule has 0 saturated carbocycles. The Kier molecular flexibility index (Phi) is 7.34. The lowest BCUT2D eigenvalue weighted by Crippen LogP contribution is -2.19. The zero-order valence-corrected chi connectivity index (χ0v) is 23.6. The molecule has 3 heterocycles. The van der Waals surface area contributed by atoms with Crippen LogP contribution in [-0.2, 0) is 22.4 Å². The number of nitrogens with one attached hydrogen (secondary N) is 1. The first-order chi connectivity index (χ1) is 17.8. The predicted molar refractivity (Wildman–Crippen MR) is 153 cm³/mol. The highest BCUT2D eigenvalue weighted by molar-refractivity contribution is 8.18. The van der Waals surface area contributed by atoms with E-state index in [0.29, 0.717) is 33.0 Å². The van der Waals surface area contributed by atoms with Gasteiger partial charge in [0.1, 0.15) is 5.00 Å². The van der Waals surface area contributed by atoms with Gasteiger partial charge in [0, 0.05) is 21.3 Å². The molecule has 1 aliphatic heterocycles. The van der Waals surface area contributed by atoms with Crippen LogP contribution in [0.4, 0.5) is 5.69 Å². The van der Waals surface area contributed by atoms with Gasteiger partial charge in [-0.2, -0.15) is 0 Å². The maximum atomic E-state index is 13.0. The van der Waals surface area contributed by atoms with Gasteiger partial charge >= 0.3 is 5.97 Å². The van der Waals surface area contributed by atoms with Crippen LogP contribution in [0.2, 0.25) is 5.02 Å². The van der Waals surface area contributed by atoms with E-state index in [9.17, 15) is 9.59 Å². The third kappa shape index (κ3) is 5.02. The number of nitrogens with zero attached hydrogens (tertiary/aromatic N) is 2. The molecule has 1 saturated heterocycles. The van der Waals surface area contributed by atoms with Crippen molar-refractivity contribution >= 4 is 63.5 Å². The van der Waals surface area contributed by atoms with Crippen molar-refractivity contribution in [2.75, 3.05) is 6.61 Å². The summed E-state index contributed by atoms with van der Waals surface area (Å²) in [5, 5.41) is 4.91. The molecule has 0 unspecified atom stereocenters. The lowest BCUT2D eigenvalue weighted by atomic mass is 9.95. The normalized spacial score (nSPS) is 17.4. The molecule has 1 N–H and O–H groups in total. The standard InChI is InChI=1S/C28H28ClN3O3S2/c1-5-35-27(34)24-20-8-6-7-9-22(20)36-26(24)32-16(3)12-18(17(32)4)13-23-25(33)31-28(37-23)30-19-11-10-15(2)21(29)14-19/h10-14H,5-9H2,1-4H3,(H,30,31,33)/b23-13-. The van der Waals surface area contributed by atoms with E-state index in [2.05, 4.69) is 20.9 Å². The molecule has 6 nitrogen and oxygen atoms in total. The van der Waals surface area contributed by atoms with Crippen LogP contribution in [0.25, 0.3) is 11.1 Å². The number of carbonyl (C=O) groups is 2. The maximum absolute atomic E-state index is 13.0. The minimum absolute atomic E-state index is 0.189. The number of carbonyl (C=O) groups excluding carboxylic acids is 2. The summed E-state index contributed by atoms with van der Waals surface area (Å²) in [6.45, 7) is 8.16. The predicted octanol–water partition coefficient (Wildman–Crippen LogP) is 7.06. The second-order valence-electron chi connectivity index (χ2n) is 9.19. The molecule has 3 aromatic rings. The maximum Gasteiger partial charge on any atom is 0.341 e. The number of thioether (sulfide) groups is 1. The van der Waals surface area contributed by atoms with Gasteiger partial charge in [0.25, 0.3) is 5.91 Å². The van der Waals surface area contributed by atoms with Crippen molar-refractivity contribution in [3.05, 3.63) is 72.7 Å². The summed E-state index contributed by atoms with van der Waals surface area (Å²) in [5.41, 5.74) is 6.39. The Morgan fingerprint density at radius 1 is 1.22 bits per heavy atom. The van der Waals surface area contributed by atoms with Gasteiger partial charge < -0.3 is 14.6 Å². The molecular weight excluding hydrogens is 526 g/mol. The molecule has 0 radical (unpaired) electrons. The lowest BCUT2D eigenvalue weighted by Gasteiger charge is -2.13. The van der Waals surface area contributed by atoms with Gasteiger partial charge in [-0.25, -0.2) is 9.79 Å². The van der Waals surface area contributed by atoms with Crippen molar-refractivity contribution in [2.24, 2.45) is 4.99 Å². The van der Waals surface area contributed by atoms with Gasteiger partial charge in [0.2, 0.25) is 0 Å². The molecule has 0 spiro atoms. The number of hydrogen-bond acceptors (Lipinski definition) is 6. The first-order valence-electron chi connectivity index (χ1n) is 12.3. The molecule has 0 atom stereocenters. The summed E-state index contributed by atoms with van der Waals surface area (Å²) in [5.74, 6) is -0.447. The smallest absolute Gasteiger partial charge is 0.341 e. The number of rotatable bonds is 5. The summed E-state index contributed by atoms with van der Waals surface area (Å²) in [6.07, 6.45) is 6.01. The number of benzene rings is 1. The highest BCUT2D eigenvalue weighted by Gasteiger charge is 2.29. The van der Waals surface area contributed by atoms with Gasteiger partial charge in [0.15, 0.2) is 5.17 Å². The molecule has 1 aliphatic carbocycles. The summed E-state index contributed by atoms with van der Waals surface area (Å²) >= 11 is 9.21. The first-order valence-corrected chi connectivity index (χ1v) is 14.3. The second-order valence-corrected chi connectivity index (χ2v) is 11.7. The number of esters is 1. The van der Waals surface area contributed by atoms with E-state index >= 15 is 0 Å². The lowest BCUT2D eigenvalue weighted by molar-refractivity contribution is -0.115. The van der Waals surface area contributed by atoms with E-state index in [-0.39, 0.29) is 11.9 Å². The van der Waals surface area contributed by atoms with Crippen LogP contribution < -0.4 is 5.32 Å². The number of ether oxygens (including phenoxy) is 1. The van der Waals surface area contributed by atoms with Gasteiger partial charge in [-0.1, -0.05) is 17.7 Å². The Morgan fingerprint density at radius 3 is 2.76 bits per heavy atom. The van der Waals surface area contributed by atoms with Crippen LogP contribution >= 0.6 is 34.7 Å². The van der Waals surface area contributed by atoms with Crippen molar-refractivity contribution < 1.29 is 14.3 Å². The number of amidine groups is 1. The van der Waals surface area contributed by atoms with Gasteiger partial charge in [-0.05, 0) is 106 Å². The molecule has 2 aromatic heterocycles. The van der Waals surface area contributed by atoms with Crippen molar-refractivity contribution in [1.29, 1.82) is 0 Å². The third-order valence-corrected chi connectivity index (χ3v) is 9.22. The van der Waals surface area contributed by atoms with Gasteiger partial charge in [-0.15, -0.1) is 11.3 Å². The number of aryl methyl sites for hydroxylation is 3. The van der Waals surface area contributed by atoms with Gasteiger partial charge in [-0.3, -0.25) is 4.79 Å². The fourth-order valence-electron chi connectivity index (χ4n) is 4.76. The molecule has 1 fully saturated rings. The minimum Gasteiger partial charge on any atom is -0.462 e. The van der Waals surface area contributed by atoms with E-state index in [1.54, 1.807) is 17.4 Å². The van der Waals surface area contributed by atoms with Crippen LogP contribution in [0.5, 0.6) is 0 Å². The minimum atomic E-state index is -0.257. The number of aliphatic imine (C=N–C) groups is 1. The zero-order valence-electron chi connectivity index (χ0n) is 21.2. The average molecular weight is 554 g/mol. The quantitative estimate of drug-likeness (QED) is 0.271. The highest BCUT2D eigenvalue weighted by atomic mass is 35.5. The van der Waals surface area contributed by atoms with Crippen molar-refractivity contribution in [3.8, 4) is 5.00 Å². The van der Waals surface area contributed by atoms with Crippen LogP contribution in [0.15, 0.2) is 34.2 Å². The van der Waals surface area contributed by atoms with E-state index in [1.165, 1.54) is 16.6 Å². The first kappa shape index (κ1) is 25.8. The average Bonchev–Trinajstić information content (AvgIpc) is 3.49. The van der Waals surface area contributed by atoms with Crippen LogP contribution in [0, 0.1) is 20.8 Å². The molecule has 37 heavy (non-hydrogen) atoms. The molecule has 1 amide bonds. The Labute approximate surface area is 229 Å². The van der Waals surface area contributed by atoms with Crippen LogP contribution in [-0.4, -0.2) is 28.2 Å². The fourth-order valence-corrected chi connectivity index (χ4v) is 7.25. The summed E-state index contributed by atoms with van der Waals surface area (Å²) in [6, 6.07) is 7.62. The molecule has 0 bridgehead atoms. The summed E-state index contributed by atoms with van der Waals surface area (Å²) < 4.78 is 7.59. The molecule has 5 rings (SSSR count). The fraction of sp³-hybridized carbons (Fsp3) is 0.321. The highest BCUT2D eigenvalue weighted by Crippen LogP contribution is 2.40. The molecule has 192 valence electrons. The van der Waals surface area contributed by atoms with Crippen LogP contribution in [0.3, 0.4) is 0 Å².